The molecule has 1 saturated heterocycles. The van der Waals surface area contributed by atoms with Crippen LogP contribution in [0.4, 0.5) is 0 Å². The third-order valence-corrected chi connectivity index (χ3v) is 6.29. The Kier molecular flexibility index (Phi) is 8.72. The number of rotatable bonds is 8. The van der Waals surface area contributed by atoms with Crippen LogP contribution in [0.5, 0.6) is 0 Å². The molecule has 0 aliphatic carbocycles. The van der Waals surface area contributed by atoms with Crippen molar-refractivity contribution in [2.75, 3.05) is 58.6 Å². The minimum absolute atomic E-state index is 0.383. The summed E-state index contributed by atoms with van der Waals surface area (Å²) in [6.07, 6.45) is 1.24. The number of hydrogen-bond donors (Lipinski definition) is 2. The SMILES string of the molecule is CCNC(=NCc1ccc(S(C)(=O)=O)c(C)c1)NCCN1CCN(CC)CC1. The van der Waals surface area contributed by atoms with Crippen molar-refractivity contribution in [1.82, 2.24) is 20.4 Å². The predicted octanol–water partition coefficient (Wildman–Crippen LogP) is 1.09. The maximum atomic E-state index is 11.7. The number of aliphatic imine (C=N–C) groups is 1. The second kappa shape index (κ2) is 10.8. The molecule has 0 unspecified atom stereocenters. The lowest BCUT2D eigenvalue weighted by Gasteiger charge is -2.34. The Morgan fingerprint density at radius 1 is 1.11 bits per heavy atom. The van der Waals surface area contributed by atoms with Crippen molar-refractivity contribution in [3.63, 3.8) is 0 Å². The summed E-state index contributed by atoms with van der Waals surface area (Å²) in [5.74, 6) is 0.791. The fourth-order valence-corrected chi connectivity index (χ4v) is 4.36. The van der Waals surface area contributed by atoms with Crippen LogP contribution < -0.4 is 10.6 Å². The van der Waals surface area contributed by atoms with Crippen molar-refractivity contribution in [3.8, 4) is 0 Å². The zero-order chi connectivity index (χ0) is 20.6. The molecular formula is C20H35N5O2S. The standard InChI is InChI=1S/C20H35N5O2S/c1-5-21-20(22-9-10-25-13-11-24(6-2)12-14-25)23-16-18-7-8-19(17(3)15-18)28(4,26)27/h7-8,15H,5-6,9-14,16H2,1-4H3,(H2,21,22,23). The van der Waals surface area contributed by atoms with Gasteiger partial charge in [-0.1, -0.05) is 19.1 Å². The molecule has 0 amide bonds. The number of benzene rings is 1. The predicted molar refractivity (Wildman–Crippen MR) is 116 cm³/mol. The second-order valence-electron chi connectivity index (χ2n) is 7.27. The molecule has 1 aliphatic rings. The molecule has 1 aromatic rings. The maximum Gasteiger partial charge on any atom is 0.191 e. The summed E-state index contributed by atoms with van der Waals surface area (Å²) in [7, 11) is -3.19. The molecule has 8 heteroatoms. The Morgan fingerprint density at radius 3 is 2.36 bits per heavy atom. The van der Waals surface area contributed by atoms with Gasteiger partial charge in [-0.3, -0.25) is 4.90 Å². The van der Waals surface area contributed by atoms with Crippen LogP contribution in [0.25, 0.3) is 0 Å². The number of aryl methyl sites for hydroxylation is 1. The summed E-state index contributed by atoms with van der Waals surface area (Å²) in [5, 5.41) is 6.67. The van der Waals surface area contributed by atoms with E-state index in [4.69, 9.17) is 0 Å². The van der Waals surface area contributed by atoms with E-state index in [0.717, 1.165) is 69.4 Å². The zero-order valence-corrected chi connectivity index (χ0v) is 18.5. The first kappa shape index (κ1) is 22.6. The fraction of sp³-hybridized carbons (Fsp3) is 0.650. The van der Waals surface area contributed by atoms with E-state index >= 15 is 0 Å². The summed E-state index contributed by atoms with van der Waals surface area (Å²) < 4.78 is 23.5. The van der Waals surface area contributed by atoms with E-state index in [1.807, 2.05) is 26.0 Å². The van der Waals surface area contributed by atoms with E-state index in [9.17, 15) is 8.42 Å². The highest BCUT2D eigenvalue weighted by atomic mass is 32.2. The summed E-state index contributed by atoms with van der Waals surface area (Å²) in [4.78, 5) is 9.99. The van der Waals surface area contributed by atoms with E-state index in [0.29, 0.717) is 11.4 Å². The minimum atomic E-state index is -3.19. The van der Waals surface area contributed by atoms with E-state index in [1.165, 1.54) is 6.26 Å². The molecule has 2 rings (SSSR count). The van der Waals surface area contributed by atoms with Gasteiger partial charge in [0.25, 0.3) is 0 Å². The van der Waals surface area contributed by atoms with Crippen LogP contribution in [0.2, 0.25) is 0 Å². The number of sulfone groups is 1. The topological polar surface area (TPSA) is 77.0 Å². The first-order valence-electron chi connectivity index (χ1n) is 10.1. The zero-order valence-electron chi connectivity index (χ0n) is 17.7. The average Bonchev–Trinajstić information content (AvgIpc) is 2.65. The van der Waals surface area contributed by atoms with Gasteiger partial charge in [-0.05, 0) is 37.6 Å². The maximum absolute atomic E-state index is 11.7. The molecule has 0 radical (unpaired) electrons. The van der Waals surface area contributed by atoms with Gasteiger partial charge in [0.2, 0.25) is 0 Å². The van der Waals surface area contributed by atoms with Crippen LogP contribution in [0.15, 0.2) is 28.1 Å². The van der Waals surface area contributed by atoms with Gasteiger partial charge in [-0.2, -0.15) is 0 Å². The van der Waals surface area contributed by atoms with Crippen molar-refractivity contribution >= 4 is 15.8 Å². The van der Waals surface area contributed by atoms with Crippen molar-refractivity contribution in [3.05, 3.63) is 29.3 Å². The number of likely N-dealkylation sites (N-methyl/N-ethyl adjacent to an activating group) is 1. The number of nitrogens with one attached hydrogen (secondary N) is 2. The first-order valence-corrected chi connectivity index (χ1v) is 12.0. The van der Waals surface area contributed by atoms with Crippen LogP contribution >= 0.6 is 0 Å². The van der Waals surface area contributed by atoms with Crippen LogP contribution in [-0.4, -0.2) is 82.8 Å². The molecule has 158 valence electrons. The highest BCUT2D eigenvalue weighted by Crippen LogP contribution is 2.17. The number of piperazine rings is 1. The Labute approximate surface area is 170 Å². The molecule has 0 bridgehead atoms. The smallest absolute Gasteiger partial charge is 0.191 e. The summed E-state index contributed by atoms with van der Waals surface area (Å²) in [6, 6.07) is 5.41. The van der Waals surface area contributed by atoms with E-state index < -0.39 is 9.84 Å². The molecule has 2 N–H and O–H groups in total. The molecule has 28 heavy (non-hydrogen) atoms. The van der Waals surface area contributed by atoms with Gasteiger partial charge in [0.05, 0.1) is 11.4 Å². The highest BCUT2D eigenvalue weighted by molar-refractivity contribution is 7.90. The van der Waals surface area contributed by atoms with Crippen molar-refractivity contribution in [1.29, 1.82) is 0 Å². The van der Waals surface area contributed by atoms with Gasteiger partial charge in [0, 0.05) is 52.1 Å². The van der Waals surface area contributed by atoms with Gasteiger partial charge in [-0.15, -0.1) is 0 Å². The third kappa shape index (κ3) is 7.07. The van der Waals surface area contributed by atoms with Gasteiger partial charge in [-0.25, -0.2) is 13.4 Å². The van der Waals surface area contributed by atoms with Crippen molar-refractivity contribution in [2.45, 2.75) is 32.2 Å². The average molecular weight is 410 g/mol. The molecule has 0 atom stereocenters. The number of nitrogens with zero attached hydrogens (tertiary/aromatic N) is 3. The summed E-state index contributed by atoms with van der Waals surface area (Å²) >= 11 is 0. The quantitative estimate of drug-likeness (QED) is 0.494. The molecule has 7 nitrogen and oxygen atoms in total. The fourth-order valence-electron chi connectivity index (χ4n) is 3.40. The Morgan fingerprint density at radius 2 is 1.79 bits per heavy atom. The first-order chi connectivity index (χ1) is 13.3. The largest absolute Gasteiger partial charge is 0.357 e. The van der Waals surface area contributed by atoms with E-state index in [2.05, 4.69) is 32.3 Å². The van der Waals surface area contributed by atoms with Gasteiger partial charge >= 0.3 is 0 Å². The highest BCUT2D eigenvalue weighted by Gasteiger charge is 2.15. The Hall–Kier alpha value is -1.64. The normalized spacial score (nSPS) is 16.9. The second-order valence-corrected chi connectivity index (χ2v) is 9.25. The lowest BCUT2D eigenvalue weighted by Crippen LogP contribution is -2.49. The van der Waals surface area contributed by atoms with E-state index in [1.54, 1.807) is 6.07 Å². The van der Waals surface area contributed by atoms with Crippen LogP contribution in [0, 0.1) is 6.92 Å². The van der Waals surface area contributed by atoms with Crippen LogP contribution in [-0.2, 0) is 16.4 Å². The van der Waals surface area contributed by atoms with Gasteiger partial charge in [0.1, 0.15) is 0 Å². The molecule has 0 saturated carbocycles. The van der Waals surface area contributed by atoms with E-state index in [-0.39, 0.29) is 0 Å². The molecule has 1 heterocycles. The van der Waals surface area contributed by atoms with Crippen LogP contribution in [0.3, 0.4) is 0 Å². The van der Waals surface area contributed by atoms with Gasteiger partial charge in [0.15, 0.2) is 15.8 Å². The summed E-state index contributed by atoms with van der Waals surface area (Å²) in [6.45, 7) is 14.9. The van der Waals surface area contributed by atoms with Crippen LogP contribution in [0.1, 0.15) is 25.0 Å². The van der Waals surface area contributed by atoms with Gasteiger partial charge < -0.3 is 15.5 Å². The van der Waals surface area contributed by atoms with Crippen molar-refractivity contribution in [2.24, 2.45) is 4.99 Å². The molecule has 1 fully saturated rings. The minimum Gasteiger partial charge on any atom is -0.357 e. The monoisotopic (exact) mass is 409 g/mol. The molecular weight excluding hydrogens is 374 g/mol. The summed E-state index contributed by atoms with van der Waals surface area (Å²) in [5.41, 5.74) is 1.76. The number of guanidine groups is 1. The number of hydrogen-bond acceptors (Lipinski definition) is 5. The lowest BCUT2D eigenvalue weighted by molar-refractivity contribution is 0.139. The third-order valence-electron chi connectivity index (χ3n) is 5.04. The molecule has 0 spiro atoms. The Bertz CT molecular complexity index is 756. The lowest BCUT2D eigenvalue weighted by atomic mass is 10.1. The Balaban J connectivity index is 1.87. The van der Waals surface area contributed by atoms with Crippen molar-refractivity contribution < 1.29 is 8.42 Å². The molecule has 1 aliphatic heterocycles. The molecule has 1 aromatic carbocycles. The molecule has 0 aromatic heterocycles.